The third kappa shape index (κ3) is 2.44. The molecule has 0 aliphatic rings. The summed E-state index contributed by atoms with van der Waals surface area (Å²) in [4.78, 5) is 15.5. The molecule has 2 aromatic rings. The zero-order chi connectivity index (χ0) is 10.7. The quantitative estimate of drug-likeness (QED) is 0.910. The molecule has 1 amide bonds. The number of hydrogen-bond donors (Lipinski definition) is 1. The Morgan fingerprint density at radius 3 is 3.00 bits per heavy atom. The van der Waals surface area contributed by atoms with E-state index in [4.69, 9.17) is 4.42 Å². The summed E-state index contributed by atoms with van der Waals surface area (Å²) in [5.41, 5.74) is 1.12. The van der Waals surface area contributed by atoms with Crippen molar-refractivity contribution in [2.24, 2.45) is 0 Å². The molecule has 15 heavy (non-hydrogen) atoms. The van der Waals surface area contributed by atoms with Gasteiger partial charge in [-0.25, -0.2) is 0 Å². The summed E-state index contributed by atoms with van der Waals surface area (Å²) in [6.07, 6.45) is 4.60. The van der Waals surface area contributed by atoms with Crippen LogP contribution in [-0.2, 0) is 0 Å². The number of nitrogens with one attached hydrogen (secondary N) is 1. The molecule has 0 fully saturated rings. The molecule has 2 heterocycles. The molecule has 2 aromatic heterocycles. The van der Waals surface area contributed by atoms with E-state index in [9.17, 15) is 4.79 Å². The number of carbonyl (C=O) groups excluding carboxylic acids is 1. The molecular weight excluding hydrogens is 260 g/mol. The van der Waals surface area contributed by atoms with Crippen molar-refractivity contribution in [1.29, 1.82) is 0 Å². The van der Waals surface area contributed by atoms with E-state index in [0.717, 1.165) is 0 Å². The Hall–Kier alpha value is -1.62. The lowest BCUT2D eigenvalue weighted by Gasteiger charge is -2.00. The van der Waals surface area contributed by atoms with E-state index in [-0.39, 0.29) is 5.91 Å². The zero-order valence-corrected chi connectivity index (χ0v) is 9.19. The van der Waals surface area contributed by atoms with Gasteiger partial charge in [-0.05, 0) is 28.1 Å². The SMILES string of the molecule is O=C(Nc1cccnc1)c1coc(Br)c1. The normalized spacial score (nSPS) is 9.93. The van der Waals surface area contributed by atoms with Crippen molar-refractivity contribution in [2.75, 3.05) is 5.32 Å². The molecule has 76 valence electrons. The van der Waals surface area contributed by atoms with E-state index in [0.29, 0.717) is 15.9 Å². The summed E-state index contributed by atoms with van der Waals surface area (Å²) < 4.78 is 5.49. The summed E-state index contributed by atoms with van der Waals surface area (Å²) in [6.45, 7) is 0. The highest BCUT2D eigenvalue weighted by Crippen LogP contribution is 2.15. The first kappa shape index (κ1) is 9.92. The van der Waals surface area contributed by atoms with Gasteiger partial charge in [0.1, 0.15) is 6.26 Å². The molecule has 0 spiro atoms. The van der Waals surface area contributed by atoms with Gasteiger partial charge in [0.25, 0.3) is 5.91 Å². The standard InChI is InChI=1S/C10H7BrN2O2/c11-9-4-7(6-15-9)10(14)13-8-2-1-3-12-5-8/h1-6H,(H,13,14). The van der Waals surface area contributed by atoms with E-state index in [1.54, 1.807) is 30.6 Å². The van der Waals surface area contributed by atoms with Crippen LogP contribution in [0.5, 0.6) is 0 Å². The Morgan fingerprint density at radius 2 is 2.40 bits per heavy atom. The van der Waals surface area contributed by atoms with Gasteiger partial charge < -0.3 is 9.73 Å². The van der Waals surface area contributed by atoms with Crippen LogP contribution in [-0.4, -0.2) is 10.9 Å². The van der Waals surface area contributed by atoms with E-state index < -0.39 is 0 Å². The first-order chi connectivity index (χ1) is 7.25. The smallest absolute Gasteiger partial charge is 0.259 e. The average molecular weight is 267 g/mol. The summed E-state index contributed by atoms with van der Waals surface area (Å²) in [6, 6.07) is 5.12. The second-order valence-electron chi connectivity index (χ2n) is 2.84. The van der Waals surface area contributed by atoms with Gasteiger partial charge in [0.2, 0.25) is 0 Å². The van der Waals surface area contributed by atoms with E-state index in [1.807, 2.05) is 0 Å². The molecule has 0 saturated heterocycles. The lowest BCUT2D eigenvalue weighted by atomic mass is 10.3. The predicted octanol–water partition coefficient (Wildman–Crippen LogP) is 2.69. The maximum atomic E-state index is 11.6. The van der Waals surface area contributed by atoms with Crippen LogP contribution in [0, 0.1) is 0 Å². The second kappa shape index (κ2) is 4.27. The molecule has 0 unspecified atom stereocenters. The maximum Gasteiger partial charge on any atom is 0.259 e. The number of amides is 1. The number of carbonyl (C=O) groups is 1. The Kier molecular flexibility index (Phi) is 2.82. The van der Waals surface area contributed by atoms with Gasteiger partial charge in [-0.15, -0.1) is 0 Å². The van der Waals surface area contributed by atoms with Crippen LogP contribution >= 0.6 is 15.9 Å². The largest absolute Gasteiger partial charge is 0.457 e. The summed E-state index contributed by atoms with van der Waals surface area (Å²) in [7, 11) is 0. The highest BCUT2D eigenvalue weighted by atomic mass is 79.9. The highest BCUT2D eigenvalue weighted by Gasteiger charge is 2.08. The molecule has 2 rings (SSSR count). The number of nitrogens with zero attached hydrogens (tertiary/aromatic N) is 1. The number of hydrogen-bond acceptors (Lipinski definition) is 3. The Labute approximate surface area is 94.4 Å². The number of halogens is 1. The number of pyridine rings is 1. The van der Waals surface area contributed by atoms with Crippen LogP contribution in [0.15, 0.2) is 45.9 Å². The monoisotopic (exact) mass is 266 g/mol. The van der Waals surface area contributed by atoms with Crippen molar-refractivity contribution >= 4 is 27.5 Å². The third-order valence-corrected chi connectivity index (χ3v) is 2.16. The fourth-order valence-electron chi connectivity index (χ4n) is 1.07. The molecule has 0 radical (unpaired) electrons. The maximum absolute atomic E-state index is 11.6. The lowest BCUT2D eigenvalue weighted by Crippen LogP contribution is -2.10. The Balaban J connectivity index is 2.11. The molecule has 4 nitrogen and oxygen atoms in total. The second-order valence-corrected chi connectivity index (χ2v) is 3.62. The molecule has 0 aliphatic heterocycles. The number of anilines is 1. The summed E-state index contributed by atoms with van der Waals surface area (Å²) >= 11 is 3.13. The van der Waals surface area contributed by atoms with Gasteiger partial charge in [0.15, 0.2) is 4.67 Å². The van der Waals surface area contributed by atoms with Crippen LogP contribution in [0.2, 0.25) is 0 Å². The highest BCUT2D eigenvalue weighted by molar-refractivity contribution is 9.10. The first-order valence-electron chi connectivity index (χ1n) is 4.21. The molecule has 5 heteroatoms. The van der Waals surface area contributed by atoms with Crippen LogP contribution in [0.4, 0.5) is 5.69 Å². The van der Waals surface area contributed by atoms with Gasteiger partial charge in [-0.3, -0.25) is 9.78 Å². The van der Waals surface area contributed by atoms with Crippen LogP contribution < -0.4 is 5.32 Å². The molecular formula is C10H7BrN2O2. The van der Waals surface area contributed by atoms with Crippen molar-refractivity contribution in [3.63, 3.8) is 0 Å². The van der Waals surface area contributed by atoms with E-state index in [1.165, 1.54) is 6.26 Å². The number of aromatic nitrogens is 1. The van der Waals surface area contributed by atoms with E-state index >= 15 is 0 Å². The topological polar surface area (TPSA) is 55.1 Å². The van der Waals surface area contributed by atoms with Crippen molar-refractivity contribution in [3.8, 4) is 0 Å². The van der Waals surface area contributed by atoms with Gasteiger partial charge in [-0.1, -0.05) is 0 Å². The van der Waals surface area contributed by atoms with Gasteiger partial charge >= 0.3 is 0 Å². The Bertz CT molecular complexity index is 467. The van der Waals surface area contributed by atoms with Crippen LogP contribution in [0.3, 0.4) is 0 Å². The van der Waals surface area contributed by atoms with Gasteiger partial charge in [-0.2, -0.15) is 0 Å². The van der Waals surface area contributed by atoms with Crippen molar-refractivity contribution in [2.45, 2.75) is 0 Å². The zero-order valence-electron chi connectivity index (χ0n) is 7.61. The average Bonchev–Trinajstić information content (AvgIpc) is 2.66. The van der Waals surface area contributed by atoms with Crippen molar-refractivity contribution < 1.29 is 9.21 Å². The van der Waals surface area contributed by atoms with Crippen LogP contribution in [0.25, 0.3) is 0 Å². The fourth-order valence-corrected chi connectivity index (χ4v) is 1.41. The Morgan fingerprint density at radius 1 is 1.53 bits per heavy atom. The predicted molar refractivity (Wildman–Crippen MR) is 58.6 cm³/mol. The van der Waals surface area contributed by atoms with Crippen molar-refractivity contribution in [3.05, 3.63) is 47.1 Å². The molecule has 0 aromatic carbocycles. The van der Waals surface area contributed by atoms with E-state index in [2.05, 4.69) is 26.2 Å². The fraction of sp³-hybridized carbons (Fsp3) is 0. The number of rotatable bonds is 2. The van der Waals surface area contributed by atoms with Crippen LogP contribution in [0.1, 0.15) is 10.4 Å². The first-order valence-corrected chi connectivity index (χ1v) is 5.00. The minimum absolute atomic E-state index is 0.225. The molecule has 0 aliphatic carbocycles. The van der Waals surface area contributed by atoms with Gasteiger partial charge in [0.05, 0.1) is 17.4 Å². The van der Waals surface area contributed by atoms with Crippen molar-refractivity contribution in [1.82, 2.24) is 4.98 Å². The minimum atomic E-state index is -0.225. The summed E-state index contributed by atoms with van der Waals surface area (Å²) in [5, 5.41) is 2.69. The minimum Gasteiger partial charge on any atom is -0.457 e. The third-order valence-electron chi connectivity index (χ3n) is 1.75. The lowest BCUT2D eigenvalue weighted by molar-refractivity contribution is 0.102. The summed E-state index contributed by atoms with van der Waals surface area (Å²) in [5.74, 6) is -0.225. The number of furan rings is 1. The molecule has 1 N–H and O–H groups in total. The molecule has 0 saturated carbocycles. The molecule has 0 bridgehead atoms. The van der Waals surface area contributed by atoms with Gasteiger partial charge in [0, 0.05) is 12.3 Å². The molecule has 0 atom stereocenters.